The molecule has 7 heteroatoms. The molecule has 1 N–H and O–H groups in total. The molecule has 1 aliphatic carbocycles. The van der Waals surface area contributed by atoms with Gasteiger partial charge in [-0.2, -0.15) is 0 Å². The zero-order chi connectivity index (χ0) is 20.4. The summed E-state index contributed by atoms with van der Waals surface area (Å²) in [7, 11) is 6.35. The quantitative estimate of drug-likeness (QED) is 0.729. The lowest BCUT2D eigenvalue weighted by Crippen LogP contribution is -2.24. The number of hydrogen-bond acceptors (Lipinski definition) is 4. The Balaban J connectivity index is 1.83. The van der Waals surface area contributed by atoms with Crippen molar-refractivity contribution in [3.8, 4) is 11.5 Å². The van der Waals surface area contributed by atoms with E-state index in [2.05, 4.69) is 21.2 Å². The molecule has 28 heavy (non-hydrogen) atoms. The predicted molar refractivity (Wildman–Crippen MR) is 111 cm³/mol. The van der Waals surface area contributed by atoms with Crippen molar-refractivity contribution in [2.75, 3.05) is 33.6 Å². The normalized spacial score (nSPS) is 17.6. The fraction of sp³-hybridized carbons (Fsp3) is 0.333. The van der Waals surface area contributed by atoms with Crippen LogP contribution in [0.4, 0.5) is 5.69 Å². The van der Waals surface area contributed by atoms with Gasteiger partial charge in [0.1, 0.15) is 0 Å². The summed E-state index contributed by atoms with van der Waals surface area (Å²) in [5.41, 5.74) is 1.92. The van der Waals surface area contributed by atoms with E-state index in [9.17, 15) is 9.59 Å². The van der Waals surface area contributed by atoms with Gasteiger partial charge >= 0.3 is 0 Å². The van der Waals surface area contributed by atoms with Crippen LogP contribution in [0.1, 0.15) is 28.3 Å². The Morgan fingerprint density at radius 1 is 1.07 bits per heavy atom. The highest BCUT2D eigenvalue weighted by atomic mass is 79.9. The number of halogens is 1. The average molecular weight is 447 g/mol. The van der Waals surface area contributed by atoms with Gasteiger partial charge in [-0.25, -0.2) is 0 Å². The smallest absolute Gasteiger partial charge is 0.255 e. The first-order valence-electron chi connectivity index (χ1n) is 8.89. The number of hydrogen-bond donors (Lipinski definition) is 1. The summed E-state index contributed by atoms with van der Waals surface area (Å²) in [4.78, 5) is 26.9. The average Bonchev–Trinajstić information content (AvgIpc) is 3.48. The van der Waals surface area contributed by atoms with Crippen molar-refractivity contribution in [2.45, 2.75) is 12.3 Å². The SMILES string of the molecule is COc1cc(NC(=O)[C@H]2C[C@@H]2c2ccc(Br)cc2)c(C(=O)N(C)C)cc1OC. The largest absolute Gasteiger partial charge is 0.493 e. The first kappa shape index (κ1) is 20.2. The molecule has 3 rings (SSSR count). The summed E-state index contributed by atoms with van der Waals surface area (Å²) in [6, 6.07) is 11.2. The maximum absolute atomic E-state index is 12.8. The number of carbonyl (C=O) groups excluding carboxylic acids is 2. The van der Waals surface area contributed by atoms with Gasteiger partial charge in [-0.3, -0.25) is 9.59 Å². The molecule has 2 aromatic rings. The fourth-order valence-electron chi connectivity index (χ4n) is 3.19. The molecule has 2 atom stereocenters. The lowest BCUT2D eigenvalue weighted by atomic mass is 10.1. The van der Waals surface area contributed by atoms with Crippen LogP contribution in [0.15, 0.2) is 40.9 Å². The Morgan fingerprint density at radius 3 is 2.25 bits per heavy atom. The Labute approximate surface area is 172 Å². The van der Waals surface area contributed by atoms with Gasteiger partial charge in [0.2, 0.25) is 5.91 Å². The second-order valence-corrected chi connectivity index (χ2v) is 7.86. The second kappa shape index (κ2) is 8.22. The molecule has 0 bridgehead atoms. The van der Waals surface area contributed by atoms with E-state index in [1.807, 2.05) is 24.3 Å². The summed E-state index contributed by atoms with van der Waals surface area (Å²) in [5.74, 6) is 0.639. The van der Waals surface area contributed by atoms with Crippen LogP contribution in [0.3, 0.4) is 0 Å². The minimum Gasteiger partial charge on any atom is -0.493 e. The summed E-state index contributed by atoms with van der Waals surface area (Å²) in [5, 5.41) is 2.91. The van der Waals surface area contributed by atoms with Gasteiger partial charge in [0.25, 0.3) is 5.91 Å². The molecule has 1 aliphatic rings. The van der Waals surface area contributed by atoms with Crippen LogP contribution in [0.2, 0.25) is 0 Å². The number of ether oxygens (including phenoxy) is 2. The number of amides is 2. The first-order valence-corrected chi connectivity index (χ1v) is 9.69. The molecule has 0 aromatic heterocycles. The maximum atomic E-state index is 12.8. The van der Waals surface area contributed by atoms with E-state index in [4.69, 9.17) is 9.47 Å². The molecule has 2 amide bonds. The molecule has 2 aromatic carbocycles. The topological polar surface area (TPSA) is 67.9 Å². The molecular weight excluding hydrogens is 424 g/mol. The van der Waals surface area contributed by atoms with Gasteiger partial charge < -0.3 is 19.7 Å². The van der Waals surface area contributed by atoms with Crippen molar-refractivity contribution in [3.05, 3.63) is 52.0 Å². The lowest BCUT2D eigenvalue weighted by molar-refractivity contribution is -0.117. The van der Waals surface area contributed by atoms with Crippen LogP contribution >= 0.6 is 15.9 Å². The number of anilines is 1. The van der Waals surface area contributed by atoms with Crippen molar-refractivity contribution in [2.24, 2.45) is 5.92 Å². The van der Waals surface area contributed by atoms with Crippen LogP contribution < -0.4 is 14.8 Å². The zero-order valence-corrected chi connectivity index (χ0v) is 17.9. The van der Waals surface area contributed by atoms with Gasteiger partial charge in [-0.15, -0.1) is 0 Å². The number of benzene rings is 2. The van der Waals surface area contributed by atoms with E-state index in [-0.39, 0.29) is 23.7 Å². The van der Waals surface area contributed by atoms with E-state index in [1.165, 1.54) is 19.1 Å². The third kappa shape index (κ3) is 4.14. The fourth-order valence-corrected chi connectivity index (χ4v) is 3.45. The van der Waals surface area contributed by atoms with Crippen molar-refractivity contribution in [3.63, 3.8) is 0 Å². The van der Waals surface area contributed by atoms with Crippen molar-refractivity contribution < 1.29 is 19.1 Å². The first-order chi connectivity index (χ1) is 13.3. The molecule has 1 fully saturated rings. The lowest BCUT2D eigenvalue weighted by Gasteiger charge is -2.18. The number of methoxy groups -OCH3 is 2. The van der Waals surface area contributed by atoms with Gasteiger partial charge in [0.05, 0.1) is 25.5 Å². The minimum absolute atomic E-state index is 0.104. The number of nitrogens with zero attached hydrogens (tertiary/aromatic N) is 1. The molecule has 0 unspecified atom stereocenters. The molecule has 0 aliphatic heterocycles. The Hall–Kier alpha value is -2.54. The third-order valence-corrected chi connectivity index (χ3v) is 5.37. The van der Waals surface area contributed by atoms with E-state index < -0.39 is 0 Å². The van der Waals surface area contributed by atoms with Crippen LogP contribution in [0.25, 0.3) is 0 Å². The van der Waals surface area contributed by atoms with Crippen molar-refractivity contribution in [1.82, 2.24) is 4.90 Å². The molecule has 0 heterocycles. The second-order valence-electron chi connectivity index (χ2n) is 6.94. The van der Waals surface area contributed by atoms with E-state index in [0.29, 0.717) is 22.7 Å². The Morgan fingerprint density at radius 2 is 1.68 bits per heavy atom. The maximum Gasteiger partial charge on any atom is 0.255 e. The van der Waals surface area contributed by atoms with Crippen LogP contribution in [-0.4, -0.2) is 45.0 Å². The summed E-state index contributed by atoms with van der Waals surface area (Å²) in [6.07, 6.45) is 0.789. The predicted octanol–water partition coefficient (Wildman–Crippen LogP) is 3.91. The number of rotatable bonds is 6. The highest BCUT2D eigenvalue weighted by Crippen LogP contribution is 2.48. The van der Waals surface area contributed by atoms with Crippen molar-refractivity contribution >= 4 is 33.4 Å². The highest BCUT2D eigenvalue weighted by Gasteiger charge is 2.44. The number of nitrogens with one attached hydrogen (secondary N) is 1. The molecule has 0 radical (unpaired) electrons. The third-order valence-electron chi connectivity index (χ3n) is 4.84. The van der Waals surface area contributed by atoms with Crippen LogP contribution in [-0.2, 0) is 4.79 Å². The zero-order valence-electron chi connectivity index (χ0n) is 16.3. The minimum atomic E-state index is -0.225. The Bertz CT molecular complexity index is 896. The van der Waals surface area contributed by atoms with Crippen LogP contribution in [0, 0.1) is 5.92 Å². The highest BCUT2D eigenvalue weighted by molar-refractivity contribution is 9.10. The van der Waals surface area contributed by atoms with Gasteiger partial charge in [-0.1, -0.05) is 28.1 Å². The molecule has 0 spiro atoms. The van der Waals surface area contributed by atoms with Crippen LogP contribution in [0.5, 0.6) is 11.5 Å². The number of carbonyl (C=O) groups is 2. The summed E-state index contributed by atoms with van der Waals surface area (Å²) >= 11 is 3.42. The summed E-state index contributed by atoms with van der Waals surface area (Å²) in [6.45, 7) is 0. The molecular formula is C21H23BrN2O4. The van der Waals surface area contributed by atoms with E-state index >= 15 is 0 Å². The van der Waals surface area contributed by atoms with E-state index in [0.717, 1.165) is 16.5 Å². The van der Waals surface area contributed by atoms with Crippen molar-refractivity contribution in [1.29, 1.82) is 0 Å². The Kier molecular flexibility index (Phi) is 5.93. The monoisotopic (exact) mass is 446 g/mol. The van der Waals surface area contributed by atoms with Gasteiger partial charge in [-0.05, 0) is 36.1 Å². The van der Waals surface area contributed by atoms with Gasteiger partial charge in [0, 0.05) is 30.6 Å². The molecule has 148 valence electrons. The molecule has 6 nitrogen and oxygen atoms in total. The van der Waals surface area contributed by atoms with E-state index in [1.54, 1.807) is 26.2 Å². The molecule has 1 saturated carbocycles. The van der Waals surface area contributed by atoms with Gasteiger partial charge in [0.15, 0.2) is 11.5 Å². The summed E-state index contributed by atoms with van der Waals surface area (Å²) < 4.78 is 11.6. The molecule has 0 saturated heterocycles. The standard InChI is InChI=1S/C21H23BrN2O4/c1-24(2)21(26)16-10-18(27-3)19(28-4)11-17(16)23-20(25)15-9-14(15)12-5-7-13(22)8-6-12/h5-8,10-11,14-15H,9H2,1-4H3,(H,23,25)/t14-,15+/m1/s1.